The minimum absolute atomic E-state index is 0.135. The van der Waals surface area contributed by atoms with Gasteiger partial charge in [-0.1, -0.05) is 30.3 Å². The smallest absolute Gasteiger partial charge is 0.227 e. The number of para-hydroxylation sites is 2. The molecule has 0 spiro atoms. The van der Waals surface area contributed by atoms with E-state index in [1.165, 1.54) is 5.56 Å². The molecule has 2 N–H and O–H groups in total. The van der Waals surface area contributed by atoms with Crippen molar-refractivity contribution in [1.82, 2.24) is 19.9 Å². The predicted molar refractivity (Wildman–Crippen MR) is 128 cm³/mol. The van der Waals surface area contributed by atoms with Gasteiger partial charge >= 0.3 is 0 Å². The van der Waals surface area contributed by atoms with Crippen LogP contribution >= 0.6 is 0 Å². The lowest BCUT2D eigenvalue weighted by Crippen LogP contribution is -2.48. The molecule has 0 radical (unpaired) electrons. The van der Waals surface area contributed by atoms with Crippen LogP contribution in [-0.2, 0) is 4.79 Å². The van der Waals surface area contributed by atoms with Gasteiger partial charge in [-0.25, -0.2) is 9.97 Å². The molecular formula is C25H26N6O. The summed E-state index contributed by atoms with van der Waals surface area (Å²) in [5.41, 5.74) is 6.29. The van der Waals surface area contributed by atoms with Crippen molar-refractivity contribution in [3.05, 3.63) is 66.5 Å². The maximum atomic E-state index is 11.7. The van der Waals surface area contributed by atoms with Gasteiger partial charge in [-0.15, -0.1) is 0 Å². The molecule has 1 aliphatic heterocycles. The second-order valence-electron chi connectivity index (χ2n) is 8.10. The lowest BCUT2D eigenvalue weighted by Gasteiger charge is -2.37. The number of hydrogen-bond donors (Lipinski definition) is 2. The van der Waals surface area contributed by atoms with Crippen LogP contribution in [0.2, 0.25) is 0 Å². The normalized spacial score (nSPS) is 14.1. The van der Waals surface area contributed by atoms with Gasteiger partial charge in [-0.2, -0.15) is 0 Å². The van der Waals surface area contributed by atoms with Crippen molar-refractivity contribution in [3.63, 3.8) is 0 Å². The minimum atomic E-state index is 0.135. The summed E-state index contributed by atoms with van der Waals surface area (Å²) in [6.07, 6.45) is 3.77. The molecule has 0 unspecified atom stereocenters. The highest BCUT2D eigenvalue weighted by atomic mass is 16.2. The summed E-state index contributed by atoms with van der Waals surface area (Å²) in [5, 5.41) is 4.58. The maximum Gasteiger partial charge on any atom is 0.227 e. The number of rotatable bonds is 4. The number of carbonyl (C=O) groups is 1. The highest BCUT2D eigenvalue weighted by molar-refractivity contribution is 5.94. The molecular weight excluding hydrogens is 400 g/mol. The molecule has 32 heavy (non-hydrogen) atoms. The van der Waals surface area contributed by atoms with Gasteiger partial charge in [0.2, 0.25) is 11.9 Å². The zero-order chi connectivity index (χ0) is 22.1. The van der Waals surface area contributed by atoms with E-state index < -0.39 is 0 Å². The van der Waals surface area contributed by atoms with Crippen LogP contribution in [0.1, 0.15) is 12.5 Å². The van der Waals surface area contributed by atoms with E-state index in [0.717, 1.165) is 59.7 Å². The van der Waals surface area contributed by atoms with E-state index in [2.05, 4.69) is 51.4 Å². The van der Waals surface area contributed by atoms with Gasteiger partial charge in [-0.3, -0.25) is 4.79 Å². The van der Waals surface area contributed by atoms with Gasteiger partial charge in [0, 0.05) is 62.0 Å². The Morgan fingerprint density at radius 1 is 1.03 bits per heavy atom. The summed E-state index contributed by atoms with van der Waals surface area (Å²) < 4.78 is 0. The first-order chi connectivity index (χ1) is 15.6. The zero-order valence-corrected chi connectivity index (χ0v) is 18.3. The first kappa shape index (κ1) is 20.1. The zero-order valence-electron chi connectivity index (χ0n) is 18.3. The van der Waals surface area contributed by atoms with Crippen LogP contribution in [0.15, 0.2) is 60.9 Å². The molecule has 7 nitrogen and oxygen atoms in total. The Morgan fingerprint density at radius 3 is 2.66 bits per heavy atom. The average molecular weight is 427 g/mol. The van der Waals surface area contributed by atoms with Gasteiger partial charge < -0.3 is 20.1 Å². The predicted octanol–water partition coefficient (Wildman–Crippen LogP) is 4.35. The van der Waals surface area contributed by atoms with E-state index in [4.69, 9.17) is 4.98 Å². The third kappa shape index (κ3) is 3.77. The molecule has 2 aromatic heterocycles. The van der Waals surface area contributed by atoms with Gasteiger partial charge in [0.1, 0.15) is 0 Å². The third-order valence-electron chi connectivity index (χ3n) is 6.05. The molecule has 5 rings (SSSR count). The first-order valence-electron chi connectivity index (χ1n) is 10.9. The van der Waals surface area contributed by atoms with Gasteiger partial charge in [0.25, 0.3) is 0 Å². The number of hydrogen-bond acceptors (Lipinski definition) is 5. The summed E-state index contributed by atoms with van der Waals surface area (Å²) in [4.78, 5) is 28.5. The number of piperazine rings is 1. The van der Waals surface area contributed by atoms with Gasteiger partial charge in [-0.05, 0) is 30.7 Å². The van der Waals surface area contributed by atoms with Gasteiger partial charge in [0.15, 0.2) is 0 Å². The van der Waals surface area contributed by atoms with Crippen molar-refractivity contribution in [2.75, 3.05) is 36.4 Å². The molecule has 1 saturated heterocycles. The van der Waals surface area contributed by atoms with Crippen LogP contribution < -0.4 is 10.2 Å². The number of nitrogens with one attached hydrogen (secondary N) is 2. The van der Waals surface area contributed by atoms with E-state index in [0.29, 0.717) is 5.95 Å². The molecule has 162 valence electrons. The lowest BCUT2D eigenvalue weighted by atomic mass is 10.1. The number of H-pyrrole nitrogens is 1. The highest BCUT2D eigenvalue weighted by Crippen LogP contribution is 2.33. The molecule has 0 aliphatic carbocycles. The van der Waals surface area contributed by atoms with E-state index >= 15 is 0 Å². The Bertz CT molecular complexity index is 1270. The fraction of sp³-hybridized carbons (Fsp3) is 0.240. The molecule has 2 aromatic carbocycles. The van der Waals surface area contributed by atoms with Crippen LogP contribution in [-0.4, -0.2) is 51.9 Å². The van der Waals surface area contributed by atoms with Crippen molar-refractivity contribution >= 4 is 34.1 Å². The molecule has 0 bridgehead atoms. The summed E-state index contributed by atoms with van der Waals surface area (Å²) >= 11 is 0. The third-order valence-corrected chi connectivity index (χ3v) is 6.05. The standard InChI is InChI=1S/C25H26N6O/c1-17-6-5-9-23(24(17)31-14-12-30(13-15-31)18(2)32)29-25-26-11-10-22(28-25)20-16-27-21-8-4-3-7-19(20)21/h3-11,16,27H,12-15H2,1-2H3,(H,26,28,29). The van der Waals surface area contributed by atoms with Gasteiger partial charge in [0.05, 0.1) is 17.1 Å². The summed E-state index contributed by atoms with van der Waals surface area (Å²) in [6, 6.07) is 16.3. The maximum absolute atomic E-state index is 11.7. The Kier molecular flexibility index (Phi) is 5.23. The molecule has 1 fully saturated rings. The second kappa shape index (κ2) is 8.34. The Balaban J connectivity index is 1.44. The van der Waals surface area contributed by atoms with Crippen LogP contribution in [0.4, 0.5) is 17.3 Å². The lowest BCUT2D eigenvalue weighted by molar-refractivity contribution is -0.129. The number of anilines is 3. The number of aromatic nitrogens is 3. The molecule has 7 heteroatoms. The van der Waals surface area contributed by atoms with Crippen molar-refractivity contribution in [2.45, 2.75) is 13.8 Å². The SMILES string of the molecule is CC(=O)N1CCN(c2c(C)cccc2Nc2nccc(-c3c[nH]c4ccccc34)n2)CC1. The van der Waals surface area contributed by atoms with Crippen LogP contribution in [0, 0.1) is 6.92 Å². The molecule has 4 aromatic rings. The molecule has 1 amide bonds. The molecule has 1 aliphatic rings. The number of nitrogens with zero attached hydrogens (tertiary/aromatic N) is 4. The average Bonchev–Trinajstić information content (AvgIpc) is 3.24. The second-order valence-corrected chi connectivity index (χ2v) is 8.10. The number of carbonyl (C=O) groups excluding carboxylic acids is 1. The monoisotopic (exact) mass is 426 g/mol. The van der Waals surface area contributed by atoms with Crippen molar-refractivity contribution in [2.24, 2.45) is 0 Å². The molecule has 0 saturated carbocycles. The van der Waals surface area contributed by atoms with Crippen molar-refractivity contribution in [1.29, 1.82) is 0 Å². The highest BCUT2D eigenvalue weighted by Gasteiger charge is 2.22. The summed E-state index contributed by atoms with van der Waals surface area (Å²) in [5.74, 6) is 0.692. The van der Waals surface area contributed by atoms with Crippen LogP contribution in [0.25, 0.3) is 22.2 Å². The molecule has 0 atom stereocenters. The number of aromatic amines is 1. The fourth-order valence-electron chi connectivity index (χ4n) is 4.40. The number of fused-ring (bicyclic) bond motifs is 1. The van der Waals surface area contributed by atoms with E-state index in [-0.39, 0.29) is 5.91 Å². The van der Waals surface area contributed by atoms with Crippen molar-refractivity contribution in [3.8, 4) is 11.3 Å². The Hall–Kier alpha value is -3.87. The minimum Gasteiger partial charge on any atom is -0.366 e. The molecule has 3 heterocycles. The quantitative estimate of drug-likeness (QED) is 0.507. The Labute approximate surface area is 187 Å². The summed E-state index contributed by atoms with van der Waals surface area (Å²) in [6.45, 7) is 6.81. The number of aryl methyl sites for hydroxylation is 1. The first-order valence-corrected chi connectivity index (χ1v) is 10.9. The largest absolute Gasteiger partial charge is 0.366 e. The Morgan fingerprint density at radius 2 is 1.84 bits per heavy atom. The fourth-order valence-corrected chi connectivity index (χ4v) is 4.40. The van der Waals surface area contributed by atoms with Crippen molar-refractivity contribution < 1.29 is 4.79 Å². The topological polar surface area (TPSA) is 77.2 Å². The van der Waals surface area contributed by atoms with Crippen LogP contribution in [0.3, 0.4) is 0 Å². The number of benzene rings is 2. The van der Waals surface area contributed by atoms with E-state index in [9.17, 15) is 4.79 Å². The van der Waals surface area contributed by atoms with Crippen LogP contribution in [0.5, 0.6) is 0 Å². The van der Waals surface area contributed by atoms with E-state index in [1.54, 1.807) is 13.1 Å². The van der Waals surface area contributed by atoms with E-state index in [1.807, 2.05) is 35.4 Å². The summed E-state index contributed by atoms with van der Waals surface area (Å²) in [7, 11) is 0. The number of amides is 1.